The Hall–Kier alpha value is -3.39. The van der Waals surface area contributed by atoms with E-state index >= 15 is 0 Å². The Morgan fingerprint density at radius 1 is 1.10 bits per heavy atom. The number of carbonyl (C=O) groups excluding carboxylic acids is 1. The van der Waals surface area contributed by atoms with Gasteiger partial charge in [0.1, 0.15) is 5.75 Å². The van der Waals surface area contributed by atoms with E-state index in [-0.39, 0.29) is 5.91 Å². The first kappa shape index (κ1) is 19.9. The second kappa shape index (κ2) is 8.54. The SMILES string of the molecule is C[C@H](Oc1ccc(-c2cn(C)cn2)cc1)C(=O)Nc1ncc(-c2ccc(Br)cc2)[nH]1. The van der Waals surface area contributed by atoms with Crippen LogP contribution in [0, 0.1) is 0 Å². The molecule has 0 fully saturated rings. The summed E-state index contributed by atoms with van der Waals surface area (Å²) in [5, 5.41) is 2.75. The van der Waals surface area contributed by atoms with Crippen LogP contribution in [0.15, 0.2) is 71.7 Å². The van der Waals surface area contributed by atoms with E-state index in [2.05, 4.69) is 36.2 Å². The van der Waals surface area contributed by atoms with Gasteiger partial charge in [-0.2, -0.15) is 0 Å². The molecule has 0 saturated carbocycles. The summed E-state index contributed by atoms with van der Waals surface area (Å²) in [7, 11) is 1.93. The van der Waals surface area contributed by atoms with Crippen molar-refractivity contribution in [2.45, 2.75) is 13.0 Å². The van der Waals surface area contributed by atoms with Gasteiger partial charge in [-0.05, 0) is 48.9 Å². The number of rotatable bonds is 6. The molecule has 7 nitrogen and oxygen atoms in total. The first-order chi connectivity index (χ1) is 14.5. The zero-order valence-electron chi connectivity index (χ0n) is 16.5. The molecule has 0 aliphatic rings. The fourth-order valence-corrected chi connectivity index (χ4v) is 3.17. The Morgan fingerprint density at radius 3 is 2.47 bits per heavy atom. The fraction of sp³-hybridized carbons (Fsp3) is 0.136. The van der Waals surface area contributed by atoms with E-state index in [1.54, 1.807) is 19.4 Å². The molecule has 2 heterocycles. The lowest BCUT2D eigenvalue weighted by atomic mass is 10.1. The number of aromatic amines is 1. The summed E-state index contributed by atoms with van der Waals surface area (Å²) < 4.78 is 8.65. The van der Waals surface area contributed by atoms with Crippen LogP contribution in [0.1, 0.15) is 6.92 Å². The molecule has 0 spiro atoms. The van der Waals surface area contributed by atoms with Crippen LogP contribution in [0.3, 0.4) is 0 Å². The summed E-state index contributed by atoms with van der Waals surface area (Å²) in [6.45, 7) is 1.70. The van der Waals surface area contributed by atoms with E-state index in [1.807, 2.05) is 66.3 Å². The van der Waals surface area contributed by atoms with Gasteiger partial charge in [0.25, 0.3) is 5.91 Å². The summed E-state index contributed by atoms with van der Waals surface area (Å²) in [4.78, 5) is 24.1. The molecule has 0 aliphatic carbocycles. The number of ether oxygens (including phenoxy) is 1. The predicted molar refractivity (Wildman–Crippen MR) is 119 cm³/mol. The molecule has 2 aromatic heterocycles. The number of aryl methyl sites for hydroxylation is 1. The molecule has 0 radical (unpaired) electrons. The van der Waals surface area contributed by atoms with Crippen molar-refractivity contribution in [3.8, 4) is 28.3 Å². The van der Waals surface area contributed by atoms with Gasteiger partial charge >= 0.3 is 0 Å². The first-order valence-corrected chi connectivity index (χ1v) is 10.1. The number of hydrogen-bond acceptors (Lipinski definition) is 4. The smallest absolute Gasteiger partial charge is 0.267 e. The summed E-state index contributed by atoms with van der Waals surface area (Å²) in [5.74, 6) is 0.687. The van der Waals surface area contributed by atoms with Crippen LogP contribution in [0.5, 0.6) is 5.75 Å². The summed E-state index contributed by atoms with van der Waals surface area (Å²) in [6.07, 6.45) is 4.69. The minimum Gasteiger partial charge on any atom is -0.481 e. The maximum Gasteiger partial charge on any atom is 0.267 e. The van der Waals surface area contributed by atoms with Crippen LogP contribution >= 0.6 is 15.9 Å². The molecule has 0 bridgehead atoms. The maximum absolute atomic E-state index is 12.5. The molecule has 4 aromatic rings. The lowest BCUT2D eigenvalue weighted by Crippen LogP contribution is -2.30. The highest BCUT2D eigenvalue weighted by molar-refractivity contribution is 9.10. The number of hydrogen-bond donors (Lipinski definition) is 2. The number of benzene rings is 2. The van der Waals surface area contributed by atoms with E-state index in [0.29, 0.717) is 11.7 Å². The number of amides is 1. The summed E-state index contributed by atoms with van der Waals surface area (Å²) in [6, 6.07) is 15.3. The molecule has 4 rings (SSSR count). The Balaban J connectivity index is 1.36. The van der Waals surface area contributed by atoms with Gasteiger partial charge in [0.15, 0.2) is 6.10 Å². The van der Waals surface area contributed by atoms with Crippen molar-refractivity contribution < 1.29 is 9.53 Å². The molecular formula is C22H20BrN5O2. The van der Waals surface area contributed by atoms with Crippen molar-refractivity contribution in [2.24, 2.45) is 7.05 Å². The number of anilines is 1. The monoisotopic (exact) mass is 465 g/mol. The average molecular weight is 466 g/mol. The number of imidazole rings is 2. The van der Waals surface area contributed by atoms with Crippen LogP contribution in [0.4, 0.5) is 5.95 Å². The Kier molecular flexibility index (Phi) is 5.67. The lowest BCUT2D eigenvalue weighted by Gasteiger charge is -2.14. The molecule has 8 heteroatoms. The van der Waals surface area contributed by atoms with Gasteiger partial charge in [0.05, 0.1) is 23.9 Å². The van der Waals surface area contributed by atoms with Crippen molar-refractivity contribution in [1.82, 2.24) is 19.5 Å². The molecule has 30 heavy (non-hydrogen) atoms. The first-order valence-electron chi connectivity index (χ1n) is 9.35. The minimum absolute atomic E-state index is 0.291. The molecule has 1 amide bonds. The van der Waals surface area contributed by atoms with Crippen molar-refractivity contribution in [3.05, 3.63) is 71.7 Å². The van der Waals surface area contributed by atoms with Gasteiger partial charge < -0.3 is 14.3 Å². The highest BCUT2D eigenvalue weighted by Gasteiger charge is 2.16. The molecule has 152 valence electrons. The van der Waals surface area contributed by atoms with Gasteiger partial charge in [-0.1, -0.05) is 28.1 Å². The third-order valence-corrected chi connectivity index (χ3v) is 5.04. The quantitative estimate of drug-likeness (QED) is 0.434. The normalized spacial score (nSPS) is 11.8. The number of halogens is 1. The second-order valence-electron chi connectivity index (χ2n) is 6.85. The summed E-state index contributed by atoms with van der Waals surface area (Å²) in [5.41, 5.74) is 3.66. The molecule has 0 unspecified atom stereocenters. The minimum atomic E-state index is -0.688. The molecule has 1 atom stereocenters. The van der Waals surface area contributed by atoms with Gasteiger partial charge in [-0.15, -0.1) is 0 Å². The predicted octanol–water partition coefficient (Wildman–Crippen LogP) is 4.65. The van der Waals surface area contributed by atoms with Crippen molar-refractivity contribution >= 4 is 27.8 Å². The van der Waals surface area contributed by atoms with Crippen LogP contribution in [0.25, 0.3) is 22.5 Å². The lowest BCUT2D eigenvalue weighted by molar-refractivity contribution is -0.122. The molecule has 0 aliphatic heterocycles. The van der Waals surface area contributed by atoms with Gasteiger partial charge in [0.2, 0.25) is 5.95 Å². The van der Waals surface area contributed by atoms with E-state index in [1.165, 1.54) is 0 Å². The zero-order chi connectivity index (χ0) is 21.1. The van der Waals surface area contributed by atoms with Crippen molar-refractivity contribution in [2.75, 3.05) is 5.32 Å². The highest BCUT2D eigenvalue weighted by Crippen LogP contribution is 2.23. The topological polar surface area (TPSA) is 84.8 Å². The standard InChI is InChI=1S/C22H20BrN5O2/c1-14(30-18-9-5-16(6-10-18)20-12-28(2)13-25-20)21(29)27-22-24-11-19(26-22)15-3-7-17(23)8-4-15/h3-14H,1-2H3,(H2,24,26,27,29)/t14-/m0/s1. The second-order valence-corrected chi connectivity index (χ2v) is 7.77. The number of H-pyrrole nitrogens is 1. The van der Waals surface area contributed by atoms with E-state index in [0.717, 1.165) is 27.0 Å². The largest absolute Gasteiger partial charge is 0.481 e. The van der Waals surface area contributed by atoms with Crippen molar-refractivity contribution in [1.29, 1.82) is 0 Å². The molecule has 0 saturated heterocycles. The van der Waals surface area contributed by atoms with Crippen LogP contribution in [-0.4, -0.2) is 31.5 Å². The maximum atomic E-state index is 12.5. The number of aromatic nitrogens is 4. The number of nitrogens with one attached hydrogen (secondary N) is 2. The third-order valence-electron chi connectivity index (χ3n) is 4.51. The van der Waals surface area contributed by atoms with E-state index < -0.39 is 6.10 Å². The van der Waals surface area contributed by atoms with Gasteiger partial charge in [-0.25, -0.2) is 9.97 Å². The molecule has 2 N–H and O–H groups in total. The van der Waals surface area contributed by atoms with Gasteiger partial charge in [-0.3, -0.25) is 10.1 Å². The van der Waals surface area contributed by atoms with E-state index in [9.17, 15) is 4.79 Å². The van der Waals surface area contributed by atoms with Crippen molar-refractivity contribution in [3.63, 3.8) is 0 Å². The fourth-order valence-electron chi connectivity index (χ4n) is 2.90. The number of nitrogens with zero attached hydrogens (tertiary/aromatic N) is 3. The average Bonchev–Trinajstić information content (AvgIpc) is 3.38. The highest BCUT2D eigenvalue weighted by atomic mass is 79.9. The Bertz CT molecular complexity index is 1150. The Labute approximate surface area is 182 Å². The van der Waals surface area contributed by atoms with Crippen LogP contribution in [0.2, 0.25) is 0 Å². The third kappa shape index (κ3) is 4.60. The van der Waals surface area contributed by atoms with Gasteiger partial charge in [0, 0.05) is 23.3 Å². The van der Waals surface area contributed by atoms with Crippen LogP contribution in [-0.2, 0) is 11.8 Å². The molecule has 2 aromatic carbocycles. The summed E-state index contributed by atoms with van der Waals surface area (Å²) >= 11 is 3.41. The van der Waals surface area contributed by atoms with Crippen LogP contribution < -0.4 is 10.1 Å². The zero-order valence-corrected chi connectivity index (χ0v) is 18.1. The Morgan fingerprint density at radius 2 is 1.80 bits per heavy atom. The van der Waals surface area contributed by atoms with E-state index in [4.69, 9.17) is 4.74 Å². The number of carbonyl (C=O) groups is 1. The molecular weight excluding hydrogens is 446 g/mol.